The molecule has 2 rings (SSSR count). The first kappa shape index (κ1) is 12.6. The second-order valence-corrected chi connectivity index (χ2v) is 5.07. The van der Waals surface area contributed by atoms with Crippen LogP contribution in [-0.4, -0.2) is 26.2 Å². The molecule has 0 unspecified atom stereocenters. The van der Waals surface area contributed by atoms with E-state index in [1.165, 1.54) is 24.8 Å². The Morgan fingerprint density at radius 3 is 2.35 bits per heavy atom. The molecule has 1 fully saturated rings. The molecule has 1 aliphatic carbocycles. The SMILES string of the molecule is CCCNCCNCC1(c2ccccc2)CC1. The Labute approximate surface area is 105 Å². The summed E-state index contributed by atoms with van der Waals surface area (Å²) < 4.78 is 0. The van der Waals surface area contributed by atoms with Gasteiger partial charge in [-0.1, -0.05) is 37.3 Å². The molecule has 2 nitrogen and oxygen atoms in total. The van der Waals surface area contributed by atoms with Crippen molar-refractivity contribution >= 4 is 0 Å². The Morgan fingerprint density at radius 2 is 1.71 bits per heavy atom. The van der Waals surface area contributed by atoms with Gasteiger partial charge in [-0.3, -0.25) is 0 Å². The Morgan fingerprint density at radius 1 is 1.00 bits per heavy atom. The zero-order valence-corrected chi connectivity index (χ0v) is 10.8. The molecule has 0 amide bonds. The zero-order valence-electron chi connectivity index (χ0n) is 10.8. The highest BCUT2D eigenvalue weighted by Crippen LogP contribution is 2.47. The predicted octanol–water partition coefficient (Wildman–Crippen LogP) is 2.31. The summed E-state index contributed by atoms with van der Waals surface area (Å²) in [5.74, 6) is 0. The molecular formula is C15H24N2. The van der Waals surface area contributed by atoms with Gasteiger partial charge < -0.3 is 10.6 Å². The fourth-order valence-electron chi connectivity index (χ4n) is 2.32. The van der Waals surface area contributed by atoms with Crippen molar-refractivity contribution in [1.29, 1.82) is 0 Å². The summed E-state index contributed by atoms with van der Waals surface area (Å²) in [5.41, 5.74) is 1.96. The second kappa shape index (κ2) is 6.18. The van der Waals surface area contributed by atoms with Gasteiger partial charge in [0.05, 0.1) is 0 Å². The molecule has 0 radical (unpaired) electrons. The smallest absolute Gasteiger partial charge is 0.00784 e. The highest BCUT2D eigenvalue weighted by molar-refractivity contribution is 5.31. The molecular weight excluding hydrogens is 208 g/mol. The lowest BCUT2D eigenvalue weighted by atomic mass is 9.96. The molecule has 1 saturated carbocycles. The molecule has 0 aromatic heterocycles. The molecule has 17 heavy (non-hydrogen) atoms. The maximum absolute atomic E-state index is 3.58. The van der Waals surface area contributed by atoms with Gasteiger partial charge in [0.2, 0.25) is 0 Å². The van der Waals surface area contributed by atoms with Crippen molar-refractivity contribution in [2.45, 2.75) is 31.6 Å². The molecule has 94 valence electrons. The fourth-order valence-corrected chi connectivity index (χ4v) is 2.32. The van der Waals surface area contributed by atoms with E-state index in [-0.39, 0.29) is 0 Å². The summed E-state index contributed by atoms with van der Waals surface area (Å²) in [7, 11) is 0. The highest BCUT2D eigenvalue weighted by Gasteiger charge is 2.43. The van der Waals surface area contributed by atoms with Crippen LogP contribution in [-0.2, 0) is 5.41 Å². The number of benzene rings is 1. The molecule has 1 aromatic rings. The minimum absolute atomic E-state index is 0.450. The Bertz CT molecular complexity index is 317. The van der Waals surface area contributed by atoms with Crippen LogP contribution in [0.1, 0.15) is 31.7 Å². The topological polar surface area (TPSA) is 24.1 Å². The maximum Gasteiger partial charge on any atom is 0.00784 e. The maximum atomic E-state index is 3.58. The monoisotopic (exact) mass is 232 g/mol. The Kier molecular flexibility index (Phi) is 4.57. The molecule has 2 N–H and O–H groups in total. The predicted molar refractivity (Wildman–Crippen MR) is 73.4 cm³/mol. The number of nitrogens with one attached hydrogen (secondary N) is 2. The minimum atomic E-state index is 0.450. The van der Waals surface area contributed by atoms with Crippen LogP contribution in [0.25, 0.3) is 0 Å². The average molecular weight is 232 g/mol. The van der Waals surface area contributed by atoms with Gasteiger partial charge >= 0.3 is 0 Å². The first-order valence-corrected chi connectivity index (χ1v) is 6.84. The third kappa shape index (κ3) is 3.55. The molecule has 0 aliphatic heterocycles. The molecule has 1 aliphatic rings. The summed E-state index contributed by atoms with van der Waals surface area (Å²) in [6.45, 7) is 6.62. The van der Waals surface area contributed by atoms with Gasteiger partial charge in [-0.15, -0.1) is 0 Å². The summed E-state index contributed by atoms with van der Waals surface area (Å²) >= 11 is 0. The van der Waals surface area contributed by atoms with Crippen molar-refractivity contribution < 1.29 is 0 Å². The van der Waals surface area contributed by atoms with Crippen molar-refractivity contribution in [2.75, 3.05) is 26.2 Å². The first-order valence-electron chi connectivity index (χ1n) is 6.84. The van der Waals surface area contributed by atoms with E-state index in [9.17, 15) is 0 Å². The van der Waals surface area contributed by atoms with E-state index < -0.39 is 0 Å². The van der Waals surface area contributed by atoms with Gasteiger partial charge in [0.25, 0.3) is 0 Å². The van der Waals surface area contributed by atoms with E-state index in [2.05, 4.69) is 47.9 Å². The van der Waals surface area contributed by atoms with Crippen LogP contribution in [0.2, 0.25) is 0 Å². The van der Waals surface area contributed by atoms with E-state index >= 15 is 0 Å². The standard InChI is InChI=1S/C15H24N2/c1-2-10-16-11-12-17-13-15(8-9-15)14-6-4-3-5-7-14/h3-7,16-17H,2,8-13H2,1H3. The van der Waals surface area contributed by atoms with Crippen LogP contribution in [0.5, 0.6) is 0 Å². The zero-order chi connectivity index (χ0) is 12.0. The summed E-state index contributed by atoms with van der Waals surface area (Å²) in [4.78, 5) is 0. The molecule has 0 spiro atoms. The van der Waals surface area contributed by atoms with Gasteiger partial charge in [-0.25, -0.2) is 0 Å². The third-order valence-corrected chi connectivity index (χ3v) is 3.61. The van der Waals surface area contributed by atoms with Crippen LogP contribution < -0.4 is 10.6 Å². The summed E-state index contributed by atoms with van der Waals surface area (Å²) in [6, 6.07) is 10.9. The fraction of sp³-hybridized carbons (Fsp3) is 0.600. The lowest BCUT2D eigenvalue weighted by Crippen LogP contribution is -2.33. The van der Waals surface area contributed by atoms with Gasteiger partial charge in [-0.2, -0.15) is 0 Å². The number of hydrogen-bond acceptors (Lipinski definition) is 2. The lowest BCUT2D eigenvalue weighted by Gasteiger charge is -2.16. The normalized spacial score (nSPS) is 17.0. The van der Waals surface area contributed by atoms with Crippen LogP contribution in [0, 0.1) is 0 Å². The molecule has 1 aromatic carbocycles. The molecule has 0 heterocycles. The van der Waals surface area contributed by atoms with Crippen LogP contribution in [0.15, 0.2) is 30.3 Å². The van der Waals surface area contributed by atoms with Gasteiger partial charge in [-0.05, 0) is 31.4 Å². The quantitative estimate of drug-likeness (QED) is 0.672. The molecule has 0 atom stereocenters. The van der Waals surface area contributed by atoms with Gasteiger partial charge in [0.15, 0.2) is 0 Å². The van der Waals surface area contributed by atoms with E-state index in [1.807, 2.05) is 0 Å². The Balaban J connectivity index is 1.69. The molecule has 0 bridgehead atoms. The van der Waals surface area contributed by atoms with Crippen molar-refractivity contribution in [3.63, 3.8) is 0 Å². The minimum Gasteiger partial charge on any atom is -0.315 e. The average Bonchev–Trinajstić information content (AvgIpc) is 3.16. The number of rotatable bonds is 8. The Hall–Kier alpha value is -0.860. The van der Waals surface area contributed by atoms with Crippen molar-refractivity contribution in [1.82, 2.24) is 10.6 Å². The first-order chi connectivity index (χ1) is 8.37. The number of hydrogen-bond donors (Lipinski definition) is 2. The third-order valence-electron chi connectivity index (χ3n) is 3.61. The van der Waals surface area contributed by atoms with Crippen LogP contribution >= 0.6 is 0 Å². The molecule has 0 saturated heterocycles. The summed E-state index contributed by atoms with van der Waals surface area (Å²) in [5, 5.41) is 7.00. The van der Waals surface area contributed by atoms with Gasteiger partial charge in [0, 0.05) is 25.0 Å². The van der Waals surface area contributed by atoms with Gasteiger partial charge in [0.1, 0.15) is 0 Å². The molecule has 2 heteroatoms. The van der Waals surface area contributed by atoms with Crippen LogP contribution in [0.4, 0.5) is 0 Å². The van der Waals surface area contributed by atoms with E-state index in [1.54, 1.807) is 0 Å². The lowest BCUT2D eigenvalue weighted by molar-refractivity contribution is 0.550. The van der Waals surface area contributed by atoms with Crippen molar-refractivity contribution in [3.05, 3.63) is 35.9 Å². The highest BCUT2D eigenvalue weighted by atomic mass is 14.9. The van der Waals surface area contributed by atoms with Crippen LogP contribution in [0.3, 0.4) is 0 Å². The van der Waals surface area contributed by atoms with Crippen molar-refractivity contribution in [3.8, 4) is 0 Å². The van der Waals surface area contributed by atoms with Crippen molar-refractivity contribution in [2.24, 2.45) is 0 Å². The largest absolute Gasteiger partial charge is 0.315 e. The van der Waals surface area contributed by atoms with E-state index in [0.29, 0.717) is 5.41 Å². The van der Waals surface area contributed by atoms with E-state index in [4.69, 9.17) is 0 Å². The summed E-state index contributed by atoms with van der Waals surface area (Å²) in [6.07, 6.45) is 3.90. The van der Waals surface area contributed by atoms with E-state index in [0.717, 1.165) is 26.2 Å². The second-order valence-electron chi connectivity index (χ2n) is 5.07.